The molecule has 2 nitrogen and oxygen atoms in total. The highest BCUT2D eigenvalue weighted by Crippen LogP contribution is 2.33. The van der Waals surface area contributed by atoms with E-state index in [0.29, 0.717) is 5.69 Å². The maximum Gasteiger partial charge on any atom is 0.124 e. The fourth-order valence-corrected chi connectivity index (χ4v) is 2.70. The van der Waals surface area contributed by atoms with Gasteiger partial charge in [0.25, 0.3) is 0 Å². The molecule has 3 aromatic rings. The van der Waals surface area contributed by atoms with E-state index in [1.807, 2.05) is 24.3 Å². The van der Waals surface area contributed by atoms with Crippen molar-refractivity contribution >= 4 is 27.2 Å². The summed E-state index contributed by atoms with van der Waals surface area (Å²) in [6, 6.07) is 12.0. The van der Waals surface area contributed by atoms with Crippen molar-refractivity contribution in [1.82, 2.24) is 4.98 Å². The number of nitrogens with zero attached hydrogens (tertiary/aromatic N) is 1. The normalized spacial score (nSPS) is 10.9. The van der Waals surface area contributed by atoms with Crippen LogP contribution < -0.4 is 5.73 Å². The number of benzene rings is 2. The van der Waals surface area contributed by atoms with Crippen molar-refractivity contribution in [2.75, 3.05) is 5.73 Å². The summed E-state index contributed by atoms with van der Waals surface area (Å²) >= 11 is 1.48. The van der Waals surface area contributed by atoms with Gasteiger partial charge in [0.15, 0.2) is 0 Å². The smallest absolute Gasteiger partial charge is 0.124 e. The number of aromatic nitrogens is 1. The van der Waals surface area contributed by atoms with Crippen molar-refractivity contribution in [1.29, 1.82) is 0 Å². The lowest BCUT2D eigenvalue weighted by Crippen LogP contribution is -1.82. The Bertz CT molecular complexity index is 691. The summed E-state index contributed by atoms with van der Waals surface area (Å²) in [4.78, 5) is 4.46. The van der Waals surface area contributed by atoms with Gasteiger partial charge in [-0.1, -0.05) is 18.2 Å². The van der Waals surface area contributed by atoms with Gasteiger partial charge in [-0.3, -0.25) is 0 Å². The number of halogens is 1. The number of thiazole rings is 1. The van der Waals surface area contributed by atoms with Crippen LogP contribution in [0, 0.1) is 5.82 Å². The van der Waals surface area contributed by atoms with Gasteiger partial charge in [0.2, 0.25) is 0 Å². The van der Waals surface area contributed by atoms with E-state index in [9.17, 15) is 4.39 Å². The van der Waals surface area contributed by atoms with Crippen LogP contribution >= 0.6 is 11.3 Å². The van der Waals surface area contributed by atoms with Gasteiger partial charge in [0.05, 0.1) is 15.9 Å². The zero-order chi connectivity index (χ0) is 11.8. The second-order valence-corrected chi connectivity index (χ2v) is 4.72. The summed E-state index contributed by atoms with van der Waals surface area (Å²) in [7, 11) is 0. The van der Waals surface area contributed by atoms with E-state index in [0.717, 1.165) is 20.8 Å². The van der Waals surface area contributed by atoms with E-state index < -0.39 is 0 Å². The van der Waals surface area contributed by atoms with E-state index >= 15 is 0 Å². The molecule has 0 fully saturated rings. The summed E-state index contributed by atoms with van der Waals surface area (Å²) in [5.41, 5.74) is 8.22. The molecule has 4 heteroatoms. The molecule has 1 heterocycles. The Morgan fingerprint density at radius 1 is 1.12 bits per heavy atom. The van der Waals surface area contributed by atoms with Crippen LogP contribution in [0.5, 0.6) is 0 Å². The van der Waals surface area contributed by atoms with Gasteiger partial charge in [-0.05, 0) is 24.3 Å². The lowest BCUT2D eigenvalue weighted by atomic mass is 10.2. The van der Waals surface area contributed by atoms with Crippen molar-refractivity contribution in [2.24, 2.45) is 0 Å². The van der Waals surface area contributed by atoms with Gasteiger partial charge in [0.1, 0.15) is 10.8 Å². The second kappa shape index (κ2) is 3.82. The summed E-state index contributed by atoms with van der Waals surface area (Å²) in [5.74, 6) is -0.255. The molecule has 1 aromatic heterocycles. The standard InChI is InChI=1S/C13H9FN2S/c14-9-4-1-3-8(7-9)13-16-11-6-2-5-10(15)12(11)17-13/h1-7H,15H2. The summed E-state index contributed by atoms with van der Waals surface area (Å²) in [6.45, 7) is 0. The topological polar surface area (TPSA) is 38.9 Å². The average molecular weight is 244 g/mol. The Balaban J connectivity index is 2.22. The van der Waals surface area contributed by atoms with Crippen molar-refractivity contribution in [3.8, 4) is 10.6 Å². The molecule has 0 unspecified atom stereocenters. The number of hydrogen-bond acceptors (Lipinski definition) is 3. The molecule has 0 bridgehead atoms. The monoisotopic (exact) mass is 244 g/mol. The van der Waals surface area contributed by atoms with Crippen molar-refractivity contribution in [2.45, 2.75) is 0 Å². The number of nitrogen functional groups attached to an aromatic ring is 1. The van der Waals surface area contributed by atoms with E-state index in [4.69, 9.17) is 5.73 Å². The van der Waals surface area contributed by atoms with E-state index in [1.54, 1.807) is 6.07 Å². The van der Waals surface area contributed by atoms with Gasteiger partial charge in [0, 0.05) is 5.56 Å². The molecule has 0 aliphatic heterocycles. The van der Waals surface area contributed by atoms with Crippen molar-refractivity contribution < 1.29 is 4.39 Å². The van der Waals surface area contributed by atoms with Crippen molar-refractivity contribution in [3.63, 3.8) is 0 Å². The number of anilines is 1. The molecule has 84 valence electrons. The number of fused-ring (bicyclic) bond motifs is 1. The zero-order valence-electron chi connectivity index (χ0n) is 8.85. The largest absolute Gasteiger partial charge is 0.398 e. The molecule has 0 saturated carbocycles. The third-order valence-electron chi connectivity index (χ3n) is 2.52. The Kier molecular flexibility index (Phi) is 2.30. The summed E-state index contributed by atoms with van der Waals surface area (Å²) in [6.07, 6.45) is 0. The molecular formula is C13H9FN2S. The number of rotatable bonds is 1. The van der Waals surface area contributed by atoms with E-state index in [2.05, 4.69) is 4.98 Å². The summed E-state index contributed by atoms with van der Waals surface area (Å²) < 4.78 is 14.1. The van der Waals surface area contributed by atoms with Gasteiger partial charge in [-0.25, -0.2) is 9.37 Å². The van der Waals surface area contributed by atoms with Gasteiger partial charge < -0.3 is 5.73 Å². The molecule has 0 spiro atoms. The minimum atomic E-state index is -0.255. The predicted octanol–water partition coefficient (Wildman–Crippen LogP) is 3.68. The van der Waals surface area contributed by atoms with Crippen LogP contribution in [0.3, 0.4) is 0 Å². The molecule has 17 heavy (non-hydrogen) atoms. The molecule has 0 amide bonds. The van der Waals surface area contributed by atoms with Crippen molar-refractivity contribution in [3.05, 3.63) is 48.3 Å². The highest BCUT2D eigenvalue weighted by Gasteiger charge is 2.08. The van der Waals surface area contributed by atoms with Crippen LogP contribution in [0.4, 0.5) is 10.1 Å². The SMILES string of the molecule is Nc1cccc2nc(-c3cccc(F)c3)sc12. The van der Waals surface area contributed by atoms with Crippen LogP contribution in [0.25, 0.3) is 20.8 Å². The summed E-state index contributed by atoms with van der Waals surface area (Å²) in [5, 5.41) is 0.789. The van der Waals surface area contributed by atoms with Crippen LogP contribution in [-0.2, 0) is 0 Å². The maximum atomic E-state index is 13.1. The van der Waals surface area contributed by atoms with E-state index in [-0.39, 0.29) is 5.82 Å². The molecule has 0 saturated heterocycles. The fourth-order valence-electron chi connectivity index (χ4n) is 1.72. The number of hydrogen-bond donors (Lipinski definition) is 1. The highest BCUT2D eigenvalue weighted by atomic mass is 32.1. The Morgan fingerprint density at radius 2 is 1.94 bits per heavy atom. The fraction of sp³-hybridized carbons (Fsp3) is 0. The van der Waals surface area contributed by atoms with Crippen LogP contribution in [0.2, 0.25) is 0 Å². The molecule has 0 aliphatic rings. The first-order chi connectivity index (χ1) is 8.24. The molecule has 2 N–H and O–H groups in total. The molecule has 0 atom stereocenters. The zero-order valence-corrected chi connectivity index (χ0v) is 9.67. The van der Waals surface area contributed by atoms with Crippen LogP contribution in [0.1, 0.15) is 0 Å². The van der Waals surface area contributed by atoms with Gasteiger partial charge in [-0.15, -0.1) is 11.3 Å². The van der Waals surface area contributed by atoms with Gasteiger partial charge in [-0.2, -0.15) is 0 Å². The molecule has 0 radical (unpaired) electrons. The highest BCUT2D eigenvalue weighted by molar-refractivity contribution is 7.22. The molecule has 2 aromatic carbocycles. The first kappa shape index (κ1) is 10.2. The quantitative estimate of drug-likeness (QED) is 0.663. The lowest BCUT2D eigenvalue weighted by Gasteiger charge is -1.94. The molecular weight excluding hydrogens is 235 g/mol. The lowest BCUT2D eigenvalue weighted by molar-refractivity contribution is 0.628. The van der Waals surface area contributed by atoms with E-state index in [1.165, 1.54) is 23.5 Å². The molecule has 3 rings (SSSR count). The Labute approximate surface area is 102 Å². The minimum absolute atomic E-state index is 0.255. The Morgan fingerprint density at radius 3 is 2.71 bits per heavy atom. The third kappa shape index (κ3) is 1.76. The number of nitrogens with two attached hydrogens (primary N) is 1. The second-order valence-electron chi connectivity index (χ2n) is 3.72. The maximum absolute atomic E-state index is 13.1. The minimum Gasteiger partial charge on any atom is -0.398 e. The van der Waals surface area contributed by atoms with Crippen LogP contribution in [-0.4, -0.2) is 4.98 Å². The van der Waals surface area contributed by atoms with Gasteiger partial charge >= 0.3 is 0 Å². The Hall–Kier alpha value is -1.94. The molecule has 0 aliphatic carbocycles. The third-order valence-corrected chi connectivity index (χ3v) is 3.69. The first-order valence-corrected chi connectivity index (χ1v) is 5.96. The van der Waals surface area contributed by atoms with Crippen LogP contribution in [0.15, 0.2) is 42.5 Å². The predicted molar refractivity (Wildman–Crippen MR) is 69.4 cm³/mol. The average Bonchev–Trinajstić information content (AvgIpc) is 2.74. The first-order valence-electron chi connectivity index (χ1n) is 5.15.